The predicted molar refractivity (Wildman–Crippen MR) is 75.3 cm³/mol. The summed E-state index contributed by atoms with van der Waals surface area (Å²) in [7, 11) is 0. The van der Waals surface area contributed by atoms with E-state index in [2.05, 4.69) is 0 Å². The van der Waals surface area contributed by atoms with Crippen molar-refractivity contribution in [3.63, 3.8) is 0 Å². The topological polar surface area (TPSA) is 46.5 Å². The molecule has 0 radical (unpaired) electrons. The highest BCUT2D eigenvalue weighted by Crippen LogP contribution is 2.42. The van der Waals surface area contributed by atoms with Crippen molar-refractivity contribution < 1.29 is 36.6 Å². The summed E-state index contributed by atoms with van der Waals surface area (Å²) >= 11 is 0. The molecule has 8 heteroatoms. The van der Waals surface area contributed by atoms with E-state index >= 15 is 0 Å². The van der Waals surface area contributed by atoms with Gasteiger partial charge in [-0.2, -0.15) is 13.2 Å². The number of ether oxygens (including phenoxy) is 1. The maximum absolute atomic E-state index is 12.9. The first-order valence-electron chi connectivity index (χ1n) is 7.53. The molecule has 0 unspecified atom stereocenters. The van der Waals surface area contributed by atoms with Gasteiger partial charge >= 0.3 is 12.1 Å². The number of halogens is 5. The van der Waals surface area contributed by atoms with Gasteiger partial charge in [-0.1, -0.05) is 0 Å². The minimum absolute atomic E-state index is 0.00192. The number of benzene rings is 1. The van der Waals surface area contributed by atoms with Gasteiger partial charge in [-0.3, -0.25) is 4.79 Å². The summed E-state index contributed by atoms with van der Waals surface area (Å²) in [5.74, 6) is -1.78. The van der Waals surface area contributed by atoms with Gasteiger partial charge in [0.15, 0.2) is 0 Å². The number of hydrogen-bond acceptors (Lipinski definition) is 2. The van der Waals surface area contributed by atoms with Crippen LogP contribution in [0.15, 0.2) is 18.2 Å². The van der Waals surface area contributed by atoms with Crippen molar-refractivity contribution in [1.82, 2.24) is 0 Å². The van der Waals surface area contributed by atoms with E-state index in [1.165, 1.54) is 0 Å². The van der Waals surface area contributed by atoms with Crippen molar-refractivity contribution in [2.45, 2.75) is 44.2 Å². The average molecular weight is 352 g/mol. The van der Waals surface area contributed by atoms with Crippen LogP contribution in [0, 0.1) is 5.92 Å². The molecule has 1 saturated carbocycles. The van der Waals surface area contributed by atoms with Gasteiger partial charge in [-0.05, 0) is 55.4 Å². The Kier molecular flexibility index (Phi) is 5.66. The van der Waals surface area contributed by atoms with E-state index in [0.717, 1.165) is 18.2 Å². The largest absolute Gasteiger partial charge is 0.487 e. The molecule has 1 aliphatic carbocycles. The van der Waals surface area contributed by atoms with Crippen LogP contribution in [0.5, 0.6) is 5.75 Å². The van der Waals surface area contributed by atoms with Gasteiger partial charge in [0.1, 0.15) is 12.4 Å². The number of carboxylic acid groups (broad SMARTS) is 1. The smallest absolute Gasteiger partial charge is 0.416 e. The van der Waals surface area contributed by atoms with Crippen molar-refractivity contribution in [1.29, 1.82) is 0 Å². The van der Waals surface area contributed by atoms with E-state index in [1.807, 2.05) is 0 Å². The molecule has 0 atom stereocenters. The molecule has 0 heterocycles. The van der Waals surface area contributed by atoms with Crippen LogP contribution < -0.4 is 4.74 Å². The Hall–Kier alpha value is -1.86. The molecule has 0 aromatic heterocycles. The second-order valence-corrected chi connectivity index (χ2v) is 5.84. The van der Waals surface area contributed by atoms with Gasteiger partial charge in [0.05, 0.1) is 11.5 Å². The molecule has 134 valence electrons. The zero-order valence-electron chi connectivity index (χ0n) is 12.7. The Bertz CT molecular complexity index is 578. The zero-order valence-corrected chi connectivity index (χ0v) is 12.7. The molecule has 3 nitrogen and oxygen atoms in total. The van der Waals surface area contributed by atoms with Gasteiger partial charge in [0.2, 0.25) is 0 Å². The Morgan fingerprint density at radius 3 is 2.33 bits per heavy atom. The van der Waals surface area contributed by atoms with Gasteiger partial charge in [-0.25, -0.2) is 8.78 Å². The highest BCUT2D eigenvalue weighted by molar-refractivity contribution is 5.70. The van der Waals surface area contributed by atoms with Gasteiger partial charge in [0, 0.05) is 0 Å². The van der Waals surface area contributed by atoms with Crippen LogP contribution in [0.1, 0.15) is 42.7 Å². The zero-order chi connectivity index (χ0) is 17.9. The number of alkyl halides is 5. The fourth-order valence-corrected chi connectivity index (χ4v) is 2.98. The number of carbonyl (C=O) groups is 1. The van der Waals surface area contributed by atoms with Crippen LogP contribution in [0.25, 0.3) is 0 Å². The fourth-order valence-electron chi connectivity index (χ4n) is 2.98. The molecule has 1 aromatic rings. The third-order valence-electron chi connectivity index (χ3n) is 4.22. The monoisotopic (exact) mass is 352 g/mol. The number of aliphatic carboxylic acids is 1. The third kappa shape index (κ3) is 4.58. The average Bonchev–Trinajstić information content (AvgIpc) is 2.52. The third-order valence-corrected chi connectivity index (χ3v) is 4.22. The summed E-state index contributed by atoms with van der Waals surface area (Å²) in [6.07, 6.45) is -5.85. The molecule has 1 aliphatic rings. The summed E-state index contributed by atoms with van der Waals surface area (Å²) in [4.78, 5) is 11.0. The summed E-state index contributed by atoms with van der Waals surface area (Å²) < 4.78 is 68.4. The van der Waals surface area contributed by atoms with Crippen molar-refractivity contribution in [2.75, 3.05) is 6.61 Å². The van der Waals surface area contributed by atoms with Gasteiger partial charge < -0.3 is 9.84 Å². The van der Waals surface area contributed by atoms with E-state index < -0.39 is 36.7 Å². The summed E-state index contributed by atoms with van der Waals surface area (Å²) in [5, 5.41) is 8.99. The van der Waals surface area contributed by atoms with Crippen molar-refractivity contribution in [3.8, 4) is 5.75 Å². The molecular weight excluding hydrogens is 335 g/mol. The van der Waals surface area contributed by atoms with Crippen LogP contribution in [-0.2, 0) is 11.0 Å². The first kappa shape index (κ1) is 18.5. The maximum atomic E-state index is 12.9. The van der Waals surface area contributed by atoms with E-state index in [0.29, 0.717) is 25.7 Å². The minimum atomic E-state index is -4.55. The predicted octanol–water partition coefficient (Wildman–Crippen LogP) is 4.71. The lowest BCUT2D eigenvalue weighted by Gasteiger charge is -2.28. The van der Waals surface area contributed by atoms with Gasteiger partial charge in [-0.15, -0.1) is 0 Å². The number of rotatable bonds is 5. The van der Waals surface area contributed by atoms with E-state index in [-0.39, 0.29) is 17.2 Å². The number of hydrogen-bond donors (Lipinski definition) is 1. The second-order valence-electron chi connectivity index (χ2n) is 5.84. The molecule has 0 amide bonds. The fraction of sp³-hybridized carbons (Fsp3) is 0.562. The Labute approximate surface area is 135 Å². The molecule has 1 N–H and O–H groups in total. The lowest BCUT2D eigenvalue weighted by molar-refractivity contribution is -0.142. The molecule has 24 heavy (non-hydrogen) atoms. The molecule has 0 bridgehead atoms. The first-order valence-corrected chi connectivity index (χ1v) is 7.53. The quantitative estimate of drug-likeness (QED) is 0.781. The summed E-state index contributed by atoms with van der Waals surface area (Å²) in [6, 6.07) is 2.78. The molecule has 1 fully saturated rings. The molecule has 0 saturated heterocycles. The maximum Gasteiger partial charge on any atom is 0.416 e. The van der Waals surface area contributed by atoms with Crippen molar-refractivity contribution in [2.24, 2.45) is 5.92 Å². The normalized spacial score (nSPS) is 21.8. The second kappa shape index (κ2) is 7.36. The van der Waals surface area contributed by atoms with Gasteiger partial charge in [0.25, 0.3) is 6.43 Å². The van der Waals surface area contributed by atoms with E-state index in [1.54, 1.807) is 0 Å². The lowest BCUT2D eigenvalue weighted by Crippen LogP contribution is -2.21. The van der Waals surface area contributed by atoms with E-state index in [9.17, 15) is 26.7 Å². The Morgan fingerprint density at radius 1 is 1.21 bits per heavy atom. The van der Waals surface area contributed by atoms with Crippen LogP contribution in [0.4, 0.5) is 22.0 Å². The summed E-state index contributed by atoms with van der Waals surface area (Å²) in [6.45, 7) is -0.900. The molecule has 0 spiro atoms. The van der Waals surface area contributed by atoms with Crippen LogP contribution in [0.2, 0.25) is 0 Å². The molecule has 2 rings (SSSR count). The van der Waals surface area contributed by atoms with Crippen LogP contribution in [-0.4, -0.2) is 24.1 Å². The van der Waals surface area contributed by atoms with E-state index in [4.69, 9.17) is 9.84 Å². The SMILES string of the molecule is O=C(O)C1CCC(c2cc(C(F)(F)F)ccc2OCC(F)F)CC1. The molecule has 1 aromatic carbocycles. The highest BCUT2D eigenvalue weighted by atomic mass is 19.4. The van der Waals surface area contributed by atoms with Crippen molar-refractivity contribution >= 4 is 5.97 Å². The first-order chi connectivity index (χ1) is 11.2. The Balaban J connectivity index is 2.25. The van der Waals surface area contributed by atoms with Crippen molar-refractivity contribution in [3.05, 3.63) is 29.3 Å². The summed E-state index contributed by atoms with van der Waals surface area (Å²) in [5.41, 5.74) is -0.656. The minimum Gasteiger partial charge on any atom is -0.487 e. The number of carboxylic acids is 1. The Morgan fingerprint density at radius 2 is 1.83 bits per heavy atom. The lowest BCUT2D eigenvalue weighted by atomic mass is 9.78. The molecular formula is C16H17F5O3. The molecule has 0 aliphatic heterocycles. The van der Waals surface area contributed by atoms with Crippen LogP contribution >= 0.6 is 0 Å². The van der Waals surface area contributed by atoms with Crippen LogP contribution in [0.3, 0.4) is 0 Å². The highest BCUT2D eigenvalue weighted by Gasteiger charge is 2.34. The standard InChI is InChI=1S/C16H17F5O3/c17-14(18)8-24-13-6-5-11(16(19,20)21)7-12(13)9-1-3-10(4-2-9)15(22)23/h5-7,9-10,14H,1-4,8H2,(H,22,23).